The monoisotopic (exact) mass is 466 g/mol. The molecule has 0 saturated carbocycles. The Bertz CT molecular complexity index is 849. The van der Waals surface area contributed by atoms with E-state index in [0.717, 1.165) is 4.47 Å². The molecule has 27 heavy (non-hydrogen) atoms. The Kier molecular flexibility index (Phi) is 7.03. The maximum Gasteiger partial charge on any atom is 0.417 e. The molecule has 1 heterocycles. The molecule has 1 amide bonds. The van der Waals surface area contributed by atoms with E-state index in [1.165, 1.54) is 0 Å². The molecule has 1 aromatic carbocycles. The number of nitrogens with one attached hydrogen (secondary N) is 1. The fraction of sp³-hybridized carbons (Fsp3) is 0.188. The molecular weight excluding hydrogens is 457 g/mol. The maximum atomic E-state index is 12.5. The van der Waals surface area contributed by atoms with Gasteiger partial charge in [-0.1, -0.05) is 33.6 Å². The van der Waals surface area contributed by atoms with Crippen LogP contribution in [0.5, 0.6) is 5.75 Å². The number of carbonyl (C=O) groups is 2. The van der Waals surface area contributed by atoms with Crippen LogP contribution in [0.2, 0.25) is 5.02 Å². The second-order valence-electron chi connectivity index (χ2n) is 5.01. The Hall–Kier alpha value is -2.33. The summed E-state index contributed by atoms with van der Waals surface area (Å²) in [5.41, 5.74) is -1.05. The van der Waals surface area contributed by atoms with E-state index in [9.17, 15) is 22.8 Å². The Balaban J connectivity index is 1.81. The molecule has 11 heteroatoms. The third-order valence-electron chi connectivity index (χ3n) is 2.94. The van der Waals surface area contributed by atoms with Gasteiger partial charge >= 0.3 is 12.1 Å². The Morgan fingerprint density at radius 2 is 1.96 bits per heavy atom. The Morgan fingerprint density at radius 3 is 2.59 bits per heavy atom. The van der Waals surface area contributed by atoms with Crippen LogP contribution in [-0.2, 0) is 20.5 Å². The minimum Gasteiger partial charge on any atom is -0.482 e. The molecular formula is C16H11BrClF3N2O4. The van der Waals surface area contributed by atoms with Crippen molar-refractivity contribution in [3.8, 4) is 5.75 Å². The number of nitrogens with zero attached hydrogens (tertiary/aromatic N) is 1. The average Bonchev–Trinajstić information content (AvgIpc) is 2.59. The minimum atomic E-state index is -4.61. The standard InChI is InChI=1S/C16H11BrClF3N2O4/c17-10-2-1-3-11(5-10)26-8-14(25)27-7-13(24)23-15-12(18)4-9(6-22-15)16(19,20)21/h1-6H,7-8H2,(H,22,23,24). The number of hydrogen-bond donors (Lipinski definition) is 1. The van der Waals surface area contributed by atoms with E-state index < -0.39 is 41.9 Å². The topological polar surface area (TPSA) is 77.5 Å². The molecule has 0 bridgehead atoms. The first-order chi connectivity index (χ1) is 12.6. The van der Waals surface area contributed by atoms with Gasteiger partial charge in [0.25, 0.3) is 5.91 Å². The molecule has 0 radical (unpaired) electrons. The quantitative estimate of drug-likeness (QED) is 0.648. The molecule has 1 N–H and O–H groups in total. The smallest absolute Gasteiger partial charge is 0.417 e. The van der Waals surface area contributed by atoms with Crippen molar-refractivity contribution in [2.45, 2.75) is 6.18 Å². The molecule has 144 valence electrons. The van der Waals surface area contributed by atoms with Crippen LogP contribution >= 0.6 is 27.5 Å². The highest BCUT2D eigenvalue weighted by molar-refractivity contribution is 9.10. The van der Waals surface area contributed by atoms with Crippen molar-refractivity contribution in [3.05, 3.63) is 51.6 Å². The van der Waals surface area contributed by atoms with Crippen LogP contribution in [0.15, 0.2) is 41.0 Å². The van der Waals surface area contributed by atoms with E-state index in [0.29, 0.717) is 18.0 Å². The highest BCUT2D eigenvalue weighted by Crippen LogP contribution is 2.32. The summed E-state index contributed by atoms with van der Waals surface area (Å²) >= 11 is 8.91. The highest BCUT2D eigenvalue weighted by Gasteiger charge is 2.31. The van der Waals surface area contributed by atoms with Gasteiger partial charge in [-0.2, -0.15) is 13.2 Å². The molecule has 2 rings (SSSR count). The summed E-state index contributed by atoms with van der Waals surface area (Å²) in [7, 11) is 0. The van der Waals surface area contributed by atoms with Gasteiger partial charge in [-0.05, 0) is 24.3 Å². The summed E-state index contributed by atoms with van der Waals surface area (Å²) in [6, 6.07) is 7.37. The fourth-order valence-electron chi connectivity index (χ4n) is 1.74. The number of halogens is 5. The van der Waals surface area contributed by atoms with E-state index in [2.05, 4.69) is 26.2 Å². The number of pyridine rings is 1. The number of benzene rings is 1. The number of esters is 1. The molecule has 1 aromatic heterocycles. The molecule has 2 aromatic rings. The number of alkyl halides is 3. The van der Waals surface area contributed by atoms with Crippen molar-refractivity contribution < 1.29 is 32.2 Å². The number of ether oxygens (including phenoxy) is 2. The zero-order valence-corrected chi connectivity index (χ0v) is 15.7. The number of amides is 1. The first kappa shape index (κ1) is 21.0. The first-order valence-corrected chi connectivity index (χ1v) is 8.39. The van der Waals surface area contributed by atoms with Gasteiger partial charge in [0.1, 0.15) is 5.75 Å². The second-order valence-corrected chi connectivity index (χ2v) is 6.33. The number of rotatable bonds is 6. The van der Waals surface area contributed by atoms with Crippen LogP contribution in [0, 0.1) is 0 Å². The zero-order chi connectivity index (χ0) is 20.0. The fourth-order valence-corrected chi connectivity index (χ4v) is 2.33. The number of carbonyl (C=O) groups excluding carboxylic acids is 2. The molecule has 0 aliphatic heterocycles. The molecule has 6 nitrogen and oxygen atoms in total. The lowest BCUT2D eigenvalue weighted by Gasteiger charge is -2.10. The largest absolute Gasteiger partial charge is 0.482 e. The van der Waals surface area contributed by atoms with Gasteiger partial charge in [0.2, 0.25) is 0 Å². The molecule has 0 spiro atoms. The number of hydrogen-bond acceptors (Lipinski definition) is 5. The van der Waals surface area contributed by atoms with Gasteiger partial charge in [-0.15, -0.1) is 0 Å². The van der Waals surface area contributed by atoms with Gasteiger partial charge in [0.05, 0.1) is 10.6 Å². The van der Waals surface area contributed by atoms with Gasteiger partial charge in [-0.25, -0.2) is 9.78 Å². The van der Waals surface area contributed by atoms with Crippen molar-refractivity contribution in [1.82, 2.24) is 4.98 Å². The summed E-state index contributed by atoms with van der Waals surface area (Å²) < 4.78 is 48.2. The predicted molar refractivity (Wildman–Crippen MR) is 93.5 cm³/mol. The lowest BCUT2D eigenvalue weighted by molar-refractivity contribution is -0.149. The normalized spacial score (nSPS) is 11.0. The summed E-state index contributed by atoms with van der Waals surface area (Å²) in [5, 5.41) is 1.75. The van der Waals surface area contributed by atoms with Crippen LogP contribution < -0.4 is 10.1 Å². The van der Waals surface area contributed by atoms with Gasteiger partial charge < -0.3 is 14.8 Å². The summed E-state index contributed by atoms with van der Waals surface area (Å²) in [4.78, 5) is 26.7. The summed E-state index contributed by atoms with van der Waals surface area (Å²) in [5.74, 6) is -1.49. The van der Waals surface area contributed by atoms with Crippen LogP contribution in [0.1, 0.15) is 5.56 Å². The van der Waals surface area contributed by atoms with Crippen molar-refractivity contribution in [3.63, 3.8) is 0 Å². The molecule has 0 saturated heterocycles. The predicted octanol–water partition coefficient (Wildman–Crippen LogP) is 4.08. The number of aromatic nitrogens is 1. The zero-order valence-electron chi connectivity index (χ0n) is 13.3. The third-order valence-corrected chi connectivity index (χ3v) is 3.72. The summed E-state index contributed by atoms with van der Waals surface area (Å²) in [6.45, 7) is -1.11. The lowest BCUT2D eigenvalue weighted by atomic mass is 10.3. The average molecular weight is 468 g/mol. The van der Waals surface area contributed by atoms with Gasteiger partial charge in [-0.3, -0.25) is 4.79 Å². The molecule has 0 unspecified atom stereocenters. The minimum absolute atomic E-state index is 0.281. The van der Waals surface area contributed by atoms with Crippen molar-refractivity contribution >= 4 is 45.2 Å². The van der Waals surface area contributed by atoms with E-state index in [1.54, 1.807) is 24.3 Å². The van der Waals surface area contributed by atoms with Gasteiger partial charge in [0.15, 0.2) is 19.0 Å². The van der Waals surface area contributed by atoms with Gasteiger partial charge in [0, 0.05) is 10.7 Å². The Morgan fingerprint density at radius 1 is 1.22 bits per heavy atom. The van der Waals surface area contributed by atoms with E-state index in [4.69, 9.17) is 21.1 Å². The second kappa shape index (κ2) is 9.05. The Labute approximate surface area is 164 Å². The van der Waals surface area contributed by atoms with E-state index in [-0.39, 0.29) is 5.82 Å². The lowest BCUT2D eigenvalue weighted by Crippen LogP contribution is -2.24. The number of anilines is 1. The molecule has 0 atom stereocenters. The van der Waals surface area contributed by atoms with E-state index in [1.807, 2.05) is 0 Å². The SMILES string of the molecule is O=C(COC(=O)COc1cccc(Br)c1)Nc1ncc(C(F)(F)F)cc1Cl. The molecule has 0 fully saturated rings. The highest BCUT2D eigenvalue weighted by atomic mass is 79.9. The molecule has 0 aliphatic carbocycles. The molecule has 0 aliphatic rings. The van der Waals surface area contributed by atoms with Crippen molar-refractivity contribution in [2.24, 2.45) is 0 Å². The van der Waals surface area contributed by atoms with Crippen molar-refractivity contribution in [2.75, 3.05) is 18.5 Å². The van der Waals surface area contributed by atoms with Crippen LogP contribution in [0.25, 0.3) is 0 Å². The van der Waals surface area contributed by atoms with Crippen molar-refractivity contribution in [1.29, 1.82) is 0 Å². The summed E-state index contributed by atoms with van der Waals surface area (Å²) in [6.07, 6.45) is -4.08. The van der Waals surface area contributed by atoms with E-state index >= 15 is 0 Å². The van der Waals surface area contributed by atoms with Crippen LogP contribution in [-0.4, -0.2) is 30.1 Å². The van der Waals surface area contributed by atoms with Crippen LogP contribution in [0.4, 0.5) is 19.0 Å². The van der Waals surface area contributed by atoms with Crippen LogP contribution in [0.3, 0.4) is 0 Å². The third kappa shape index (κ3) is 6.72. The maximum absolute atomic E-state index is 12.5. The first-order valence-electron chi connectivity index (χ1n) is 7.22.